The van der Waals surface area contributed by atoms with Gasteiger partial charge in [-0.05, 0) is 57.9 Å². The van der Waals surface area contributed by atoms with Gasteiger partial charge in [-0.2, -0.15) is 0 Å². The molecule has 1 aromatic rings. The van der Waals surface area contributed by atoms with E-state index in [0.717, 1.165) is 0 Å². The summed E-state index contributed by atoms with van der Waals surface area (Å²) < 4.78 is 16.7. The average Bonchev–Trinajstić information content (AvgIpc) is 3.06. The normalized spacial score (nSPS) is 20.2. The van der Waals surface area contributed by atoms with E-state index in [1.165, 1.54) is 4.90 Å². The molecular weight excluding hydrogens is 390 g/mol. The number of amides is 3. The maximum Gasteiger partial charge on any atom is 0.414 e. The van der Waals surface area contributed by atoms with E-state index < -0.39 is 17.6 Å². The van der Waals surface area contributed by atoms with Crippen molar-refractivity contribution in [1.82, 2.24) is 4.90 Å². The fraction of sp³-hybridized carbons (Fsp3) is 0.571. The zero-order valence-electron chi connectivity index (χ0n) is 17.6. The average molecular weight is 419 g/mol. The SMILES string of the molecule is CC(C)(C)OC(=O)N1CCC(OCC2CN(c3ccc(C(N)=O)cc3)C(=O)O2)CC1. The van der Waals surface area contributed by atoms with Crippen LogP contribution in [0, 0.1) is 0 Å². The van der Waals surface area contributed by atoms with Crippen molar-refractivity contribution in [3.8, 4) is 0 Å². The number of cyclic esters (lactones) is 1. The minimum Gasteiger partial charge on any atom is -0.444 e. The molecule has 2 aliphatic rings. The van der Waals surface area contributed by atoms with Crippen LogP contribution in [0.5, 0.6) is 0 Å². The number of piperidine rings is 1. The van der Waals surface area contributed by atoms with Crippen LogP contribution in [-0.4, -0.2) is 67.0 Å². The van der Waals surface area contributed by atoms with Crippen LogP contribution in [0.2, 0.25) is 0 Å². The Morgan fingerprint density at radius 1 is 1.17 bits per heavy atom. The van der Waals surface area contributed by atoms with E-state index in [-0.39, 0.29) is 18.3 Å². The monoisotopic (exact) mass is 419 g/mol. The summed E-state index contributed by atoms with van der Waals surface area (Å²) in [6.07, 6.45) is 0.290. The van der Waals surface area contributed by atoms with E-state index in [4.69, 9.17) is 19.9 Å². The predicted octanol–water partition coefficient (Wildman–Crippen LogP) is 2.53. The quantitative estimate of drug-likeness (QED) is 0.785. The summed E-state index contributed by atoms with van der Waals surface area (Å²) in [4.78, 5) is 38.7. The third kappa shape index (κ3) is 5.63. The molecule has 0 radical (unpaired) electrons. The highest BCUT2D eigenvalue weighted by molar-refractivity contribution is 5.94. The number of primary amides is 1. The second-order valence-electron chi connectivity index (χ2n) is 8.53. The van der Waals surface area contributed by atoms with E-state index in [1.54, 1.807) is 29.2 Å². The number of rotatable bonds is 5. The summed E-state index contributed by atoms with van der Waals surface area (Å²) >= 11 is 0. The molecule has 1 atom stereocenters. The molecule has 0 aliphatic carbocycles. The number of hydrogen-bond acceptors (Lipinski definition) is 6. The lowest BCUT2D eigenvalue weighted by Gasteiger charge is -2.33. The molecule has 2 N–H and O–H groups in total. The van der Waals surface area contributed by atoms with Gasteiger partial charge in [0.05, 0.1) is 19.3 Å². The minimum absolute atomic E-state index is 0.00582. The topological polar surface area (TPSA) is 111 Å². The Balaban J connectivity index is 1.43. The molecule has 164 valence electrons. The lowest BCUT2D eigenvalue weighted by atomic mass is 10.1. The van der Waals surface area contributed by atoms with Crippen molar-refractivity contribution in [3.05, 3.63) is 29.8 Å². The Hall–Kier alpha value is -2.81. The van der Waals surface area contributed by atoms with Crippen LogP contribution in [0.1, 0.15) is 44.0 Å². The molecule has 9 heteroatoms. The molecule has 3 rings (SSSR count). The van der Waals surface area contributed by atoms with Gasteiger partial charge in [-0.15, -0.1) is 0 Å². The first-order valence-corrected chi connectivity index (χ1v) is 10.1. The van der Waals surface area contributed by atoms with Gasteiger partial charge in [0.15, 0.2) is 0 Å². The van der Waals surface area contributed by atoms with Crippen LogP contribution >= 0.6 is 0 Å². The highest BCUT2D eigenvalue weighted by Crippen LogP contribution is 2.23. The molecule has 2 heterocycles. The van der Waals surface area contributed by atoms with Gasteiger partial charge in [0, 0.05) is 24.3 Å². The number of hydrogen-bond donors (Lipinski definition) is 1. The van der Waals surface area contributed by atoms with Gasteiger partial charge in [0.25, 0.3) is 0 Å². The number of benzene rings is 1. The number of nitrogens with two attached hydrogens (primary N) is 1. The number of carbonyl (C=O) groups excluding carboxylic acids is 3. The van der Waals surface area contributed by atoms with E-state index in [2.05, 4.69) is 0 Å². The highest BCUT2D eigenvalue weighted by atomic mass is 16.6. The van der Waals surface area contributed by atoms with E-state index in [9.17, 15) is 14.4 Å². The Labute approximate surface area is 176 Å². The molecule has 30 heavy (non-hydrogen) atoms. The molecular formula is C21H29N3O6. The van der Waals surface area contributed by atoms with E-state index in [1.807, 2.05) is 20.8 Å². The third-order valence-electron chi connectivity index (χ3n) is 4.95. The van der Waals surface area contributed by atoms with E-state index in [0.29, 0.717) is 50.3 Å². The van der Waals surface area contributed by atoms with Gasteiger partial charge < -0.3 is 24.8 Å². The number of ether oxygens (including phenoxy) is 3. The Kier molecular flexibility index (Phi) is 6.50. The summed E-state index contributed by atoms with van der Waals surface area (Å²) in [5, 5.41) is 0. The molecule has 0 spiro atoms. The van der Waals surface area contributed by atoms with Crippen LogP contribution in [0.15, 0.2) is 24.3 Å². The van der Waals surface area contributed by atoms with Crippen molar-refractivity contribution in [2.75, 3.05) is 31.1 Å². The molecule has 0 aromatic heterocycles. The number of carbonyl (C=O) groups is 3. The zero-order valence-corrected chi connectivity index (χ0v) is 17.6. The molecule has 9 nitrogen and oxygen atoms in total. The molecule has 2 aliphatic heterocycles. The summed E-state index contributed by atoms with van der Waals surface area (Å²) in [5.74, 6) is -0.519. The van der Waals surface area contributed by atoms with Gasteiger partial charge in [-0.3, -0.25) is 9.69 Å². The van der Waals surface area contributed by atoms with Gasteiger partial charge in [-0.1, -0.05) is 0 Å². The van der Waals surface area contributed by atoms with Crippen LogP contribution in [0.4, 0.5) is 15.3 Å². The van der Waals surface area contributed by atoms with Crippen molar-refractivity contribution >= 4 is 23.8 Å². The molecule has 1 unspecified atom stereocenters. The fourth-order valence-corrected chi connectivity index (χ4v) is 3.40. The first kappa shape index (κ1) is 21.9. The van der Waals surface area contributed by atoms with Gasteiger partial charge >= 0.3 is 12.2 Å². The molecule has 2 saturated heterocycles. The summed E-state index contributed by atoms with van der Waals surface area (Å²) in [6.45, 7) is 7.34. The van der Waals surface area contributed by atoms with Crippen LogP contribution in [0.3, 0.4) is 0 Å². The molecule has 0 saturated carbocycles. The summed E-state index contributed by atoms with van der Waals surface area (Å²) in [6, 6.07) is 6.48. The lowest BCUT2D eigenvalue weighted by Crippen LogP contribution is -2.43. The highest BCUT2D eigenvalue weighted by Gasteiger charge is 2.34. The molecule has 0 bridgehead atoms. The van der Waals surface area contributed by atoms with Crippen molar-refractivity contribution in [3.63, 3.8) is 0 Å². The predicted molar refractivity (Wildman–Crippen MR) is 109 cm³/mol. The van der Waals surface area contributed by atoms with Gasteiger partial charge in [0.2, 0.25) is 5.91 Å². The summed E-state index contributed by atoms with van der Waals surface area (Å²) in [5.41, 5.74) is 5.74. The van der Waals surface area contributed by atoms with Crippen molar-refractivity contribution in [2.24, 2.45) is 5.73 Å². The Morgan fingerprint density at radius 3 is 2.37 bits per heavy atom. The van der Waals surface area contributed by atoms with Crippen molar-refractivity contribution in [2.45, 2.75) is 51.4 Å². The van der Waals surface area contributed by atoms with E-state index >= 15 is 0 Å². The minimum atomic E-state index is -0.519. The maximum absolute atomic E-state index is 12.2. The first-order valence-electron chi connectivity index (χ1n) is 10.1. The number of likely N-dealkylation sites (tertiary alicyclic amines) is 1. The summed E-state index contributed by atoms with van der Waals surface area (Å²) in [7, 11) is 0. The van der Waals surface area contributed by atoms with Gasteiger partial charge in [-0.25, -0.2) is 9.59 Å². The first-order chi connectivity index (χ1) is 14.1. The van der Waals surface area contributed by atoms with Crippen LogP contribution in [-0.2, 0) is 14.2 Å². The fourth-order valence-electron chi connectivity index (χ4n) is 3.40. The molecule has 2 fully saturated rings. The Morgan fingerprint density at radius 2 is 1.80 bits per heavy atom. The van der Waals surface area contributed by atoms with Gasteiger partial charge in [0.1, 0.15) is 11.7 Å². The second kappa shape index (κ2) is 8.91. The maximum atomic E-state index is 12.2. The molecule has 3 amide bonds. The standard InChI is InChI=1S/C21H29N3O6/c1-21(2,3)30-19(26)23-10-8-16(9-11-23)28-13-17-12-24(20(27)29-17)15-6-4-14(5-7-15)18(22)25/h4-7,16-17H,8-13H2,1-3H3,(H2,22,25). The number of nitrogens with zero attached hydrogens (tertiary/aromatic N) is 2. The third-order valence-corrected chi connectivity index (χ3v) is 4.95. The largest absolute Gasteiger partial charge is 0.444 e. The lowest BCUT2D eigenvalue weighted by molar-refractivity contribution is -0.0335. The van der Waals surface area contributed by atoms with Crippen LogP contribution in [0.25, 0.3) is 0 Å². The van der Waals surface area contributed by atoms with Crippen molar-refractivity contribution in [1.29, 1.82) is 0 Å². The second-order valence-corrected chi connectivity index (χ2v) is 8.53. The molecule has 1 aromatic carbocycles. The zero-order chi connectivity index (χ0) is 21.9. The van der Waals surface area contributed by atoms with Crippen LogP contribution < -0.4 is 10.6 Å². The number of anilines is 1. The Bertz CT molecular complexity index is 781. The smallest absolute Gasteiger partial charge is 0.414 e. The van der Waals surface area contributed by atoms with Crippen molar-refractivity contribution < 1.29 is 28.6 Å².